The molecule has 0 fully saturated rings. The summed E-state index contributed by atoms with van der Waals surface area (Å²) in [4.78, 5) is 12.3. The third kappa shape index (κ3) is 4.16. The van der Waals surface area contributed by atoms with Gasteiger partial charge in [0.05, 0.1) is 23.4 Å². The Morgan fingerprint density at radius 2 is 1.91 bits per heavy atom. The van der Waals surface area contributed by atoms with Crippen LogP contribution >= 0.6 is 11.6 Å². The van der Waals surface area contributed by atoms with Crippen molar-refractivity contribution in [2.45, 2.75) is 13.1 Å². The third-order valence-electron chi connectivity index (χ3n) is 2.97. The van der Waals surface area contributed by atoms with Gasteiger partial charge in [-0.25, -0.2) is 0 Å². The zero-order valence-corrected chi connectivity index (χ0v) is 12.8. The van der Waals surface area contributed by atoms with Crippen LogP contribution in [0.1, 0.15) is 22.8 Å². The molecule has 2 rings (SSSR count). The van der Waals surface area contributed by atoms with Gasteiger partial charge in [-0.2, -0.15) is 13.2 Å². The number of nitrogens with one attached hydrogen (secondary N) is 1. The van der Waals surface area contributed by atoms with Gasteiger partial charge < -0.3 is 10.1 Å². The standard InChI is InChI=1S/C16H13ClF3NO2/c1-2-23-14-6-4-3-5-11(14)15(22)21-13-9-10(17)7-8-12(13)16(18,19)20/h3-9H,2H2,1H3,(H,21,22). The molecule has 0 aliphatic rings. The average molecular weight is 344 g/mol. The van der Waals surface area contributed by atoms with Crippen molar-refractivity contribution in [3.8, 4) is 5.75 Å². The molecule has 0 bridgehead atoms. The zero-order chi connectivity index (χ0) is 17.0. The van der Waals surface area contributed by atoms with Crippen LogP contribution < -0.4 is 10.1 Å². The van der Waals surface area contributed by atoms with Gasteiger partial charge in [-0.15, -0.1) is 0 Å². The summed E-state index contributed by atoms with van der Waals surface area (Å²) in [6.07, 6.45) is -4.60. The Kier molecular flexibility index (Phi) is 5.15. The SMILES string of the molecule is CCOc1ccccc1C(=O)Nc1cc(Cl)ccc1C(F)(F)F. The highest BCUT2D eigenvalue weighted by Gasteiger charge is 2.34. The van der Waals surface area contributed by atoms with Crippen LogP contribution in [0, 0.1) is 0 Å². The van der Waals surface area contributed by atoms with Crippen LogP contribution in [0.5, 0.6) is 5.75 Å². The fraction of sp³-hybridized carbons (Fsp3) is 0.188. The first kappa shape index (κ1) is 17.1. The Bertz CT molecular complexity index is 717. The number of carbonyl (C=O) groups excluding carboxylic acids is 1. The van der Waals surface area contributed by atoms with Crippen molar-refractivity contribution in [3.05, 3.63) is 58.6 Å². The molecule has 0 atom stereocenters. The van der Waals surface area contributed by atoms with Crippen molar-refractivity contribution in [2.24, 2.45) is 0 Å². The minimum atomic E-state index is -4.60. The van der Waals surface area contributed by atoms with Gasteiger partial charge in [-0.05, 0) is 37.3 Å². The first-order chi connectivity index (χ1) is 10.8. The Balaban J connectivity index is 2.36. The summed E-state index contributed by atoms with van der Waals surface area (Å²) in [6, 6.07) is 9.31. The van der Waals surface area contributed by atoms with Gasteiger partial charge in [-0.3, -0.25) is 4.79 Å². The lowest BCUT2D eigenvalue weighted by Crippen LogP contribution is -2.17. The van der Waals surface area contributed by atoms with Gasteiger partial charge in [0.15, 0.2) is 0 Å². The van der Waals surface area contributed by atoms with E-state index in [1.165, 1.54) is 6.07 Å². The largest absolute Gasteiger partial charge is 0.493 e. The lowest BCUT2D eigenvalue weighted by atomic mass is 10.1. The molecule has 0 aliphatic heterocycles. The van der Waals surface area contributed by atoms with Gasteiger partial charge in [-0.1, -0.05) is 23.7 Å². The number of amides is 1. The molecule has 0 saturated carbocycles. The Labute approximate surface area is 136 Å². The molecule has 0 heterocycles. The van der Waals surface area contributed by atoms with Crippen molar-refractivity contribution in [1.82, 2.24) is 0 Å². The average Bonchev–Trinajstić information content (AvgIpc) is 2.46. The van der Waals surface area contributed by atoms with Gasteiger partial charge in [0, 0.05) is 5.02 Å². The fourth-order valence-electron chi connectivity index (χ4n) is 1.99. The molecule has 0 radical (unpaired) electrons. The highest BCUT2D eigenvalue weighted by molar-refractivity contribution is 6.31. The number of hydrogen-bond acceptors (Lipinski definition) is 2. The van der Waals surface area contributed by atoms with E-state index in [9.17, 15) is 18.0 Å². The summed E-state index contributed by atoms with van der Waals surface area (Å²) in [5.41, 5.74) is -1.23. The summed E-state index contributed by atoms with van der Waals surface area (Å²) in [5, 5.41) is 2.34. The van der Waals surface area contributed by atoms with E-state index in [-0.39, 0.29) is 10.6 Å². The molecule has 0 spiro atoms. The monoisotopic (exact) mass is 343 g/mol. The highest BCUT2D eigenvalue weighted by atomic mass is 35.5. The van der Waals surface area contributed by atoms with Crippen molar-refractivity contribution >= 4 is 23.2 Å². The van der Waals surface area contributed by atoms with Gasteiger partial charge >= 0.3 is 6.18 Å². The maximum Gasteiger partial charge on any atom is 0.418 e. The van der Waals surface area contributed by atoms with E-state index in [1.54, 1.807) is 25.1 Å². The normalized spacial score (nSPS) is 11.2. The number of rotatable bonds is 4. The predicted octanol–water partition coefficient (Wildman–Crippen LogP) is 5.01. The van der Waals surface area contributed by atoms with Crippen LogP contribution in [0.4, 0.5) is 18.9 Å². The second kappa shape index (κ2) is 6.91. The van der Waals surface area contributed by atoms with E-state index >= 15 is 0 Å². The number of hydrogen-bond donors (Lipinski definition) is 1. The quantitative estimate of drug-likeness (QED) is 0.847. The van der Waals surface area contributed by atoms with Crippen molar-refractivity contribution < 1.29 is 22.7 Å². The van der Waals surface area contributed by atoms with Crippen molar-refractivity contribution in [3.63, 3.8) is 0 Å². The van der Waals surface area contributed by atoms with E-state index in [4.69, 9.17) is 16.3 Å². The van der Waals surface area contributed by atoms with E-state index < -0.39 is 23.3 Å². The zero-order valence-electron chi connectivity index (χ0n) is 12.1. The smallest absolute Gasteiger partial charge is 0.418 e. The number of alkyl halides is 3. The van der Waals surface area contributed by atoms with E-state index in [1.807, 2.05) is 0 Å². The second-order valence-electron chi connectivity index (χ2n) is 4.57. The maximum atomic E-state index is 13.0. The van der Waals surface area contributed by atoms with Crippen LogP contribution in [0.15, 0.2) is 42.5 Å². The molecule has 122 valence electrons. The maximum absolute atomic E-state index is 13.0. The minimum absolute atomic E-state index is 0.0893. The molecule has 7 heteroatoms. The van der Waals surface area contributed by atoms with Crippen LogP contribution in [0.3, 0.4) is 0 Å². The molecule has 0 aliphatic carbocycles. The molecule has 1 N–H and O–H groups in total. The van der Waals surface area contributed by atoms with E-state index in [2.05, 4.69) is 5.32 Å². The fourth-order valence-corrected chi connectivity index (χ4v) is 2.16. The number of benzene rings is 2. The summed E-state index contributed by atoms with van der Waals surface area (Å²) in [7, 11) is 0. The molecule has 23 heavy (non-hydrogen) atoms. The van der Waals surface area contributed by atoms with Gasteiger partial charge in [0.1, 0.15) is 5.75 Å². The first-order valence-corrected chi connectivity index (χ1v) is 7.10. The summed E-state index contributed by atoms with van der Waals surface area (Å²) in [5.74, 6) is -0.412. The van der Waals surface area contributed by atoms with Crippen molar-refractivity contribution in [1.29, 1.82) is 0 Å². The summed E-state index contributed by atoms with van der Waals surface area (Å²) in [6.45, 7) is 2.07. The topological polar surface area (TPSA) is 38.3 Å². The van der Waals surface area contributed by atoms with E-state index in [0.29, 0.717) is 12.4 Å². The molecular formula is C16H13ClF3NO2. The third-order valence-corrected chi connectivity index (χ3v) is 3.20. The Hall–Kier alpha value is -2.21. The number of ether oxygens (including phenoxy) is 1. The molecule has 2 aromatic carbocycles. The lowest BCUT2D eigenvalue weighted by Gasteiger charge is -2.15. The van der Waals surface area contributed by atoms with Crippen LogP contribution in [-0.2, 0) is 6.18 Å². The molecule has 0 saturated heterocycles. The number of carbonyl (C=O) groups is 1. The van der Waals surface area contributed by atoms with Crippen molar-refractivity contribution in [2.75, 3.05) is 11.9 Å². The Morgan fingerprint density at radius 1 is 1.22 bits per heavy atom. The highest BCUT2D eigenvalue weighted by Crippen LogP contribution is 2.36. The molecule has 0 unspecified atom stereocenters. The van der Waals surface area contributed by atoms with Crippen LogP contribution in [0.2, 0.25) is 5.02 Å². The summed E-state index contributed by atoms with van der Waals surface area (Å²) >= 11 is 5.73. The summed E-state index contributed by atoms with van der Waals surface area (Å²) < 4.78 is 44.3. The number of para-hydroxylation sites is 1. The van der Waals surface area contributed by atoms with Crippen LogP contribution in [0.25, 0.3) is 0 Å². The first-order valence-electron chi connectivity index (χ1n) is 6.73. The molecule has 1 amide bonds. The molecule has 2 aromatic rings. The second-order valence-corrected chi connectivity index (χ2v) is 5.01. The number of anilines is 1. The minimum Gasteiger partial charge on any atom is -0.493 e. The molecule has 3 nitrogen and oxygen atoms in total. The predicted molar refractivity (Wildman–Crippen MR) is 82.0 cm³/mol. The Morgan fingerprint density at radius 3 is 2.57 bits per heavy atom. The van der Waals surface area contributed by atoms with Gasteiger partial charge in [0.2, 0.25) is 0 Å². The lowest BCUT2D eigenvalue weighted by molar-refractivity contribution is -0.136. The molecule has 0 aromatic heterocycles. The van der Waals surface area contributed by atoms with E-state index in [0.717, 1.165) is 18.2 Å². The molecular weight excluding hydrogens is 331 g/mol. The van der Waals surface area contributed by atoms with Crippen LogP contribution in [-0.4, -0.2) is 12.5 Å². The van der Waals surface area contributed by atoms with Gasteiger partial charge in [0.25, 0.3) is 5.91 Å². The number of halogens is 4.